The Hall–Kier alpha value is -3.00. The zero-order valence-corrected chi connectivity index (χ0v) is 22.5. The fraction of sp³-hybridized carbons (Fsp3) is 0.414. The van der Waals surface area contributed by atoms with Crippen molar-refractivity contribution in [2.24, 2.45) is 0 Å². The Labute approximate surface area is 224 Å². The number of pyridine rings is 2. The van der Waals surface area contributed by atoms with Crippen molar-refractivity contribution in [1.82, 2.24) is 25.5 Å². The van der Waals surface area contributed by atoms with Crippen LogP contribution >= 0.6 is 11.6 Å². The molecule has 0 radical (unpaired) electrons. The lowest BCUT2D eigenvalue weighted by Crippen LogP contribution is -2.47. The Balaban J connectivity index is 1.28. The molecule has 4 rings (SSSR count). The van der Waals surface area contributed by atoms with E-state index in [1.165, 1.54) is 5.56 Å². The summed E-state index contributed by atoms with van der Waals surface area (Å²) in [6.45, 7) is 6.74. The van der Waals surface area contributed by atoms with E-state index < -0.39 is 0 Å². The molecule has 196 valence electrons. The summed E-state index contributed by atoms with van der Waals surface area (Å²) in [5.41, 5.74) is 3.65. The zero-order chi connectivity index (χ0) is 26.2. The molecule has 0 bridgehead atoms. The number of likely N-dealkylation sites (tertiary alicyclic amines) is 1. The van der Waals surface area contributed by atoms with Crippen molar-refractivity contribution in [1.29, 1.82) is 0 Å². The number of hydrogen-bond donors (Lipinski definition) is 2. The molecule has 2 N–H and O–H groups in total. The number of amides is 1. The van der Waals surface area contributed by atoms with Gasteiger partial charge in [-0.15, -0.1) is 0 Å². The monoisotopic (exact) mass is 521 g/mol. The van der Waals surface area contributed by atoms with E-state index in [0.717, 1.165) is 49.2 Å². The molecule has 3 aromatic rings. The molecule has 1 unspecified atom stereocenters. The van der Waals surface area contributed by atoms with Gasteiger partial charge in [-0.1, -0.05) is 29.8 Å². The van der Waals surface area contributed by atoms with Crippen molar-refractivity contribution in [3.63, 3.8) is 0 Å². The molecule has 1 amide bonds. The fourth-order valence-corrected chi connectivity index (χ4v) is 5.23. The minimum atomic E-state index is -0.161. The molecule has 7 nitrogen and oxygen atoms in total. The summed E-state index contributed by atoms with van der Waals surface area (Å²) >= 11 is 6.13. The molecule has 3 heterocycles. The Kier molecular flexibility index (Phi) is 9.50. The highest BCUT2D eigenvalue weighted by atomic mass is 35.5. The molecule has 1 fully saturated rings. The first-order valence-electron chi connectivity index (χ1n) is 12.9. The van der Waals surface area contributed by atoms with E-state index in [2.05, 4.69) is 50.6 Å². The lowest BCUT2D eigenvalue weighted by atomic mass is 9.96. The number of halogens is 1. The van der Waals surface area contributed by atoms with Crippen LogP contribution in [-0.4, -0.2) is 59.6 Å². The minimum Gasteiger partial charge on any atom is -0.497 e. The van der Waals surface area contributed by atoms with E-state index in [-0.39, 0.29) is 17.1 Å². The predicted octanol–water partition coefficient (Wildman–Crippen LogP) is 4.80. The molecule has 1 aromatic carbocycles. The minimum absolute atomic E-state index is 0.0755. The quantitative estimate of drug-likeness (QED) is 0.373. The number of ether oxygens (including phenoxy) is 1. The molecule has 2 aromatic heterocycles. The summed E-state index contributed by atoms with van der Waals surface area (Å²) in [5, 5.41) is 7.15. The van der Waals surface area contributed by atoms with Gasteiger partial charge in [-0.3, -0.25) is 9.78 Å². The molecule has 1 aliphatic rings. The van der Waals surface area contributed by atoms with Crippen molar-refractivity contribution in [2.45, 2.75) is 51.2 Å². The van der Waals surface area contributed by atoms with Gasteiger partial charge in [-0.05, 0) is 87.2 Å². The maximum atomic E-state index is 12.6. The van der Waals surface area contributed by atoms with E-state index in [0.29, 0.717) is 24.2 Å². The average molecular weight is 522 g/mol. The molecule has 0 spiro atoms. The molecular weight excluding hydrogens is 486 g/mol. The highest BCUT2D eigenvalue weighted by molar-refractivity contribution is 6.32. The molecule has 8 heteroatoms. The van der Waals surface area contributed by atoms with Crippen LogP contribution in [0.15, 0.2) is 61.1 Å². The van der Waals surface area contributed by atoms with E-state index in [1.54, 1.807) is 19.4 Å². The topological polar surface area (TPSA) is 79.4 Å². The van der Waals surface area contributed by atoms with Crippen LogP contribution in [0.5, 0.6) is 5.75 Å². The number of benzene rings is 1. The number of methoxy groups -OCH3 is 1. The summed E-state index contributed by atoms with van der Waals surface area (Å²) in [7, 11) is 1.69. The van der Waals surface area contributed by atoms with Crippen molar-refractivity contribution in [3.8, 4) is 5.75 Å². The van der Waals surface area contributed by atoms with E-state index in [1.807, 2.05) is 37.5 Å². The van der Waals surface area contributed by atoms with Gasteiger partial charge in [0.1, 0.15) is 10.9 Å². The number of piperidine rings is 1. The number of rotatable bonds is 10. The van der Waals surface area contributed by atoms with Gasteiger partial charge in [-0.25, -0.2) is 4.98 Å². The number of aromatic nitrogens is 2. The summed E-state index contributed by atoms with van der Waals surface area (Å²) in [6, 6.07) is 15.0. The van der Waals surface area contributed by atoms with Crippen LogP contribution in [0.1, 0.15) is 59.3 Å². The lowest BCUT2D eigenvalue weighted by Gasteiger charge is -2.38. The van der Waals surface area contributed by atoms with Gasteiger partial charge in [0.25, 0.3) is 5.91 Å². The average Bonchev–Trinajstić information content (AvgIpc) is 2.92. The molecule has 2 atom stereocenters. The van der Waals surface area contributed by atoms with Crippen LogP contribution in [-0.2, 0) is 0 Å². The van der Waals surface area contributed by atoms with Crippen molar-refractivity contribution < 1.29 is 9.53 Å². The Morgan fingerprint density at radius 1 is 1.14 bits per heavy atom. The van der Waals surface area contributed by atoms with Gasteiger partial charge in [0, 0.05) is 37.2 Å². The largest absolute Gasteiger partial charge is 0.497 e. The van der Waals surface area contributed by atoms with Crippen LogP contribution < -0.4 is 15.4 Å². The number of nitrogens with one attached hydrogen (secondary N) is 2. The number of aryl methyl sites for hydroxylation is 1. The van der Waals surface area contributed by atoms with Crippen molar-refractivity contribution >= 4 is 17.5 Å². The fourth-order valence-electron chi connectivity index (χ4n) is 4.93. The first-order chi connectivity index (χ1) is 18.0. The van der Waals surface area contributed by atoms with Crippen LogP contribution in [0.2, 0.25) is 5.15 Å². The molecule has 37 heavy (non-hydrogen) atoms. The second-order valence-electron chi connectivity index (χ2n) is 9.66. The Morgan fingerprint density at radius 3 is 2.54 bits per heavy atom. The molecule has 0 saturated carbocycles. The highest BCUT2D eigenvalue weighted by Gasteiger charge is 2.26. The first kappa shape index (κ1) is 27.0. The maximum absolute atomic E-state index is 12.6. The third-order valence-electron chi connectivity index (χ3n) is 7.21. The number of carbonyl (C=O) groups is 1. The molecular formula is C29H36ClN5O2. The van der Waals surface area contributed by atoms with Gasteiger partial charge in [-0.2, -0.15) is 0 Å². The first-order valence-corrected chi connectivity index (χ1v) is 13.3. The van der Waals surface area contributed by atoms with Crippen LogP contribution in [0.4, 0.5) is 0 Å². The van der Waals surface area contributed by atoms with E-state index >= 15 is 0 Å². The maximum Gasteiger partial charge on any atom is 0.254 e. The third kappa shape index (κ3) is 7.06. The predicted molar refractivity (Wildman–Crippen MR) is 147 cm³/mol. The van der Waals surface area contributed by atoms with Gasteiger partial charge in [0.05, 0.1) is 18.7 Å². The van der Waals surface area contributed by atoms with Crippen molar-refractivity contribution in [2.75, 3.05) is 26.7 Å². The van der Waals surface area contributed by atoms with E-state index in [4.69, 9.17) is 16.3 Å². The summed E-state index contributed by atoms with van der Waals surface area (Å²) in [6.07, 6.45) is 8.37. The number of hydrogen-bond acceptors (Lipinski definition) is 6. The summed E-state index contributed by atoms with van der Waals surface area (Å²) in [4.78, 5) is 23.5. The second-order valence-corrected chi connectivity index (χ2v) is 10.0. The van der Waals surface area contributed by atoms with Crippen LogP contribution in [0.3, 0.4) is 0 Å². The van der Waals surface area contributed by atoms with Crippen LogP contribution in [0, 0.1) is 6.92 Å². The van der Waals surface area contributed by atoms with Crippen molar-refractivity contribution in [3.05, 3.63) is 88.5 Å². The van der Waals surface area contributed by atoms with Gasteiger partial charge < -0.3 is 20.3 Å². The summed E-state index contributed by atoms with van der Waals surface area (Å²) in [5.74, 6) is 0.691. The third-order valence-corrected chi connectivity index (χ3v) is 7.50. The number of nitrogens with zero attached hydrogens (tertiary/aromatic N) is 3. The van der Waals surface area contributed by atoms with Gasteiger partial charge >= 0.3 is 0 Å². The van der Waals surface area contributed by atoms with Gasteiger partial charge in [0.15, 0.2) is 0 Å². The SMILES string of the molecule is COc1ccc(C(NC2CCN([C@H](C)CCNC(=O)c3c(C)ccnc3Cl)CC2)c2cccnc2)cc1. The Bertz CT molecular complexity index is 1130. The molecule has 1 saturated heterocycles. The van der Waals surface area contributed by atoms with Gasteiger partial charge in [0.2, 0.25) is 0 Å². The highest BCUT2D eigenvalue weighted by Crippen LogP contribution is 2.26. The summed E-state index contributed by atoms with van der Waals surface area (Å²) < 4.78 is 5.34. The second kappa shape index (κ2) is 13.0. The molecule has 1 aliphatic heterocycles. The Morgan fingerprint density at radius 2 is 1.89 bits per heavy atom. The number of carbonyl (C=O) groups excluding carboxylic acids is 1. The zero-order valence-electron chi connectivity index (χ0n) is 21.8. The molecule has 0 aliphatic carbocycles. The normalized spacial score (nSPS) is 16.2. The standard InChI is InChI=1S/C29H36ClN5O2/c1-20-10-15-32-28(30)26(20)29(36)33-16-11-21(2)35-17-12-24(13-18-35)34-27(23-5-4-14-31-19-23)22-6-8-25(37-3)9-7-22/h4-10,14-15,19,21,24,27,34H,11-13,16-18H2,1-3H3,(H,33,36)/t21-,27?/m1/s1. The lowest BCUT2D eigenvalue weighted by molar-refractivity contribution is 0.0943. The smallest absolute Gasteiger partial charge is 0.254 e. The van der Waals surface area contributed by atoms with E-state index in [9.17, 15) is 4.79 Å². The van der Waals surface area contributed by atoms with Crippen LogP contribution in [0.25, 0.3) is 0 Å².